The molecule has 6 heteroatoms. The number of hydrogen-bond acceptors (Lipinski definition) is 4. The third-order valence-electron chi connectivity index (χ3n) is 4.60. The van der Waals surface area contributed by atoms with Crippen LogP contribution < -0.4 is 4.90 Å². The second-order valence-electron chi connectivity index (χ2n) is 6.31. The number of hydrogen-bond donors (Lipinski definition) is 0. The van der Waals surface area contributed by atoms with Crippen molar-refractivity contribution >= 4 is 23.2 Å². The number of halogens is 1. The normalized spacial score (nSPS) is 16.9. The van der Waals surface area contributed by atoms with Crippen molar-refractivity contribution in [2.24, 2.45) is 5.92 Å². The molecule has 0 spiro atoms. The van der Waals surface area contributed by atoms with Crippen LogP contribution in [0, 0.1) is 5.92 Å². The molecule has 1 saturated heterocycles. The fraction of sp³-hybridized carbons (Fsp3) is 0.200. The first-order valence-electron chi connectivity index (χ1n) is 8.49. The summed E-state index contributed by atoms with van der Waals surface area (Å²) in [5, 5.41) is 0.708. The monoisotopic (exact) mass is 364 g/mol. The standard InChI is InChI=1S/C20H17ClN4O/c21-17-3-1-14(2-4-17)11-16-7-10-25(20(16)26)18-12-23-19(24-13-18)15-5-8-22-9-6-15/h1-6,8-9,12-13,16H,7,10-11H2. The van der Waals surface area contributed by atoms with Gasteiger partial charge in [-0.1, -0.05) is 23.7 Å². The maximum absolute atomic E-state index is 12.8. The van der Waals surface area contributed by atoms with Gasteiger partial charge in [0, 0.05) is 35.4 Å². The van der Waals surface area contributed by atoms with Crippen LogP contribution in [-0.4, -0.2) is 27.4 Å². The quantitative estimate of drug-likeness (QED) is 0.706. The highest BCUT2D eigenvalue weighted by Crippen LogP contribution is 2.28. The predicted octanol–water partition coefficient (Wildman–Crippen LogP) is 3.79. The SMILES string of the molecule is O=C1C(Cc2ccc(Cl)cc2)CCN1c1cnc(-c2ccncc2)nc1. The zero-order chi connectivity index (χ0) is 17.9. The van der Waals surface area contributed by atoms with E-state index in [1.54, 1.807) is 29.7 Å². The highest BCUT2D eigenvalue weighted by Gasteiger charge is 2.32. The lowest BCUT2D eigenvalue weighted by molar-refractivity contribution is -0.120. The molecule has 1 atom stereocenters. The average Bonchev–Trinajstić information content (AvgIpc) is 3.05. The summed E-state index contributed by atoms with van der Waals surface area (Å²) in [6.45, 7) is 0.690. The second kappa shape index (κ2) is 7.22. The lowest BCUT2D eigenvalue weighted by Crippen LogP contribution is -2.28. The Morgan fingerprint density at radius 2 is 1.73 bits per heavy atom. The summed E-state index contributed by atoms with van der Waals surface area (Å²) in [6, 6.07) is 11.4. The van der Waals surface area contributed by atoms with Crippen LogP contribution >= 0.6 is 11.6 Å². The van der Waals surface area contributed by atoms with Gasteiger partial charge in [-0.15, -0.1) is 0 Å². The third-order valence-corrected chi connectivity index (χ3v) is 4.85. The van der Waals surface area contributed by atoms with Crippen molar-refractivity contribution in [1.29, 1.82) is 0 Å². The average molecular weight is 365 g/mol. The van der Waals surface area contributed by atoms with Crippen molar-refractivity contribution < 1.29 is 4.79 Å². The number of aromatic nitrogens is 3. The summed E-state index contributed by atoms with van der Waals surface area (Å²) in [4.78, 5) is 27.3. The molecule has 2 aromatic heterocycles. The molecular weight excluding hydrogens is 348 g/mol. The van der Waals surface area contributed by atoms with Crippen molar-refractivity contribution in [3.8, 4) is 11.4 Å². The van der Waals surface area contributed by atoms with E-state index < -0.39 is 0 Å². The van der Waals surface area contributed by atoms with Gasteiger partial charge in [0.05, 0.1) is 18.1 Å². The maximum Gasteiger partial charge on any atom is 0.230 e. The third kappa shape index (κ3) is 3.44. The molecule has 3 aromatic rings. The van der Waals surface area contributed by atoms with Gasteiger partial charge in [0.2, 0.25) is 5.91 Å². The first-order chi connectivity index (χ1) is 12.7. The Bertz CT molecular complexity index is 897. The topological polar surface area (TPSA) is 59.0 Å². The van der Waals surface area contributed by atoms with E-state index >= 15 is 0 Å². The zero-order valence-corrected chi connectivity index (χ0v) is 14.8. The van der Waals surface area contributed by atoms with Crippen LogP contribution in [0.1, 0.15) is 12.0 Å². The van der Waals surface area contributed by atoms with E-state index in [9.17, 15) is 4.79 Å². The highest BCUT2D eigenvalue weighted by molar-refractivity contribution is 6.30. The van der Waals surface area contributed by atoms with Gasteiger partial charge in [-0.3, -0.25) is 9.78 Å². The Hall–Kier alpha value is -2.79. The van der Waals surface area contributed by atoms with Gasteiger partial charge in [-0.05, 0) is 42.7 Å². The van der Waals surface area contributed by atoms with Gasteiger partial charge < -0.3 is 4.90 Å². The number of carbonyl (C=O) groups is 1. The largest absolute Gasteiger partial charge is 0.309 e. The van der Waals surface area contributed by atoms with Gasteiger partial charge in [-0.25, -0.2) is 9.97 Å². The minimum Gasteiger partial charge on any atom is -0.309 e. The number of amides is 1. The van der Waals surface area contributed by atoms with Crippen LogP contribution in [0.5, 0.6) is 0 Å². The molecule has 26 heavy (non-hydrogen) atoms. The van der Waals surface area contributed by atoms with Crippen LogP contribution in [-0.2, 0) is 11.2 Å². The van der Waals surface area contributed by atoms with Crippen molar-refractivity contribution in [2.75, 3.05) is 11.4 Å². The van der Waals surface area contributed by atoms with Gasteiger partial charge >= 0.3 is 0 Å². The van der Waals surface area contributed by atoms with Crippen molar-refractivity contribution in [1.82, 2.24) is 15.0 Å². The molecule has 0 saturated carbocycles. The highest BCUT2D eigenvalue weighted by atomic mass is 35.5. The molecule has 5 nitrogen and oxygen atoms in total. The Morgan fingerprint density at radius 3 is 2.42 bits per heavy atom. The minimum absolute atomic E-state index is 0.0175. The molecule has 0 bridgehead atoms. The fourth-order valence-electron chi connectivity index (χ4n) is 3.20. The Morgan fingerprint density at radius 1 is 1.04 bits per heavy atom. The van der Waals surface area contributed by atoms with E-state index in [4.69, 9.17) is 11.6 Å². The zero-order valence-electron chi connectivity index (χ0n) is 14.0. The van der Waals surface area contributed by atoms with E-state index in [0.29, 0.717) is 17.4 Å². The Balaban J connectivity index is 1.47. The van der Waals surface area contributed by atoms with Crippen LogP contribution in [0.2, 0.25) is 5.02 Å². The molecular formula is C20H17ClN4O. The van der Waals surface area contributed by atoms with Crippen LogP contribution in [0.3, 0.4) is 0 Å². The summed E-state index contributed by atoms with van der Waals surface area (Å²) >= 11 is 5.92. The molecule has 1 unspecified atom stereocenters. The molecule has 4 rings (SSSR count). The molecule has 0 radical (unpaired) electrons. The number of rotatable bonds is 4. The van der Waals surface area contributed by atoms with E-state index in [2.05, 4.69) is 15.0 Å². The van der Waals surface area contributed by atoms with Gasteiger partial charge in [0.15, 0.2) is 5.82 Å². The summed E-state index contributed by atoms with van der Waals surface area (Å²) < 4.78 is 0. The molecule has 1 aliphatic rings. The number of benzene rings is 1. The first-order valence-corrected chi connectivity index (χ1v) is 8.87. The summed E-state index contributed by atoms with van der Waals surface area (Å²) in [5.74, 6) is 0.733. The fourth-order valence-corrected chi connectivity index (χ4v) is 3.33. The van der Waals surface area contributed by atoms with E-state index in [1.165, 1.54) is 0 Å². The van der Waals surface area contributed by atoms with Crippen molar-refractivity contribution in [3.05, 3.63) is 71.8 Å². The summed E-state index contributed by atoms with van der Waals surface area (Å²) in [7, 11) is 0. The Kier molecular flexibility index (Phi) is 4.63. The van der Waals surface area contributed by atoms with E-state index in [1.807, 2.05) is 36.4 Å². The molecule has 3 heterocycles. The number of carbonyl (C=O) groups excluding carboxylic acids is 1. The molecule has 130 valence electrons. The number of nitrogens with zero attached hydrogens (tertiary/aromatic N) is 4. The predicted molar refractivity (Wildman–Crippen MR) is 101 cm³/mol. The van der Waals surface area contributed by atoms with Gasteiger partial charge in [0.1, 0.15) is 0 Å². The molecule has 1 fully saturated rings. The molecule has 1 aliphatic heterocycles. The van der Waals surface area contributed by atoms with Gasteiger partial charge in [-0.2, -0.15) is 0 Å². The van der Waals surface area contributed by atoms with Crippen molar-refractivity contribution in [2.45, 2.75) is 12.8 Å². The number of pyridine rings is 1. The minimum atomic E-state index is -0.0175. The molecule has 0 N–H and O–H groups in total. The van der Waals surface area contributed by atoms with E-state index in [-0.39, 0.29) is 11.8 Å². The molecule has 0 aliphatic carbocycles. The maximum atomic E-state index is 12.8. The van der Waals surface area contributed by atoms with Crippen LogP contribution in [0.25, 0.3) is 11.4 Å². The first kappa shape index (κ1) is 16.7. The van der Waals surface area contributed by atoms with Crippen molar-refractivity contribution in [3.63, 3.8) is 0 Å². The lowest BCUT2D eigenvalue weighted by atomic mass is 9.98. The smallest absolute Gasteiger partial charge is 0.230 e. The molecule has 1 aromatic carbocycles. The van der Waals surface area contributed by atoms with Crippen LogP contribution in [0.15, 0.2) is 61.2 Å². The Labute approximate surface area is 156 Å². The number of anilines is 1. The van der Waals surface area contributed by atoms with Crippen LogP contribution in [0.4, 0.5) is 5.69 Å². The lowest BCUT2D eigenvalue weighted by Gasteiger charge is -2.16. The molecule has 1 amide bonds. The van der Waals surface area contributed by atoms with E-state index in [0.717, 1.165) is 29.7 Å². The second-order valence-corrected chi connectivity index (χ2v) is 6.74. The summed E-state index contributed by atoms with van der Waals surface area (Å²) in [6.07, 6.45) is 8.39. The summed E-state index contributed by atoms with van der Waals surface area (Å²) in [5.41, 5.74) is 2.77. The van der Waals surface area contributed by atoms with Gasteiger partial charge in [0.25, 0.3) is 0 Å².